The van der Waals surface area contributed by atoms with Gasteiger partial charge in [0, 0.05) is 11.6 Å². The Kier molecular flexibility index (Phi) is 3.98. The quantitative estimate of drug-likeness (QED) is 0.927. The fraction of sp³-hybridized carbons (Fsp3) is 0.588. The maximum atomic E-state index is 14.2. The number of rotatable bonds is 3. The Morgan fingerprint density at radius 3 is 2.71 bits per heavy atom. The van der Waals surface area contributed by atoms with Crippen molar-refractivity contribution >= 4 is 5.91 Å². The van der Waals surface area contributed by atoms with Gasteiger partial charge in [-0.15, -0.1) is 0 Å². The van der Waals surface area contributed by atoms with Crippen molar-refractivity contribution in [2.45, 2.75) is 57.8 Å². The SMILES string of the molecule is CCC1NC(c2ccccc2F)N(C2CCC(C)C2)C1=O. The summed E-state index contributed by atoms with van der Waals surface area (Å²) in [6, 6.07) is 6.82. The number of benzene rings is 1. The Labute approximate surface area is 125 Å². The van der Waals surface area contributed by atoms with Crippen molar-refractivity contribution in [2.24, 2.45) is 5.92 Å². The lowest BCUT2D eigenvalue weighted by Gasteiger charge is -2.30. The van der Waals surface area contributed by atoms with Crippen molar-refractivity contribution < 1.29 is 9.18 Å². The first-order valence-electron chi connectivity index (χ1n) is 7.94. The number of nitrogens with zero attached hydrogens (tertiary/aromatic N) is 1. The average molecular weight is 290 g/mol. The van der Waals surface area contributed by atoms with Crippen LogP contribution < -0.4 is 5.32 Å². The van der Waals surface area contributed by atoms with Crippen LogP contribution in [-0.2, 0) is 4.79 Å². The molecule has 114 valence electrons. The normalized spacial score (nSPS) is 32.9. The molecule has 0 aromatic heterocycles. The summed E-state index contributed by atoms with van der Waals surface area (Å²) in [6.07, 6.45) is 3.61. The van der Waals surface area contributed by atoms with Gasteiger partial charge in [0.2, 0.25) is 5.91 Å². The summed E-state index contributed by atoms with van der Waals surface area (Å²) in [5.74, 6) is 0.533. The molecule has 2 fully saturated rings. The van der Waals surface area contributed by atoms with Gasteiger partial charge in [0.15, 0.2) is 0 Å². The lowest BCUT2D eigenvalue weighted by atomic mass is 10.1. The summed E-state index contributed by atoms with van der Waals surface area (Å²) in [6.45, 7) is 4.22. The van der Waals surface area contributed by atoms with E-state index in [1.165, 1.54) is 6.07 Å². The molecule has 4 heteroatoms. The molecular weight excluding hydrogens is 267 g/mol. The van der Waals surface area contributed by atoms with Crippen LogP contribution >= 0.6 is 0 Å². The first-order valence-corrected chi connectivity index (χ1v) is 7.94. The molecule has 1 aromatic rings. The average Bonchev–Trinajstić information content (AvgIpc) is 3.03. The Balaban J connectivity index is 1.93. The molecular formula is C17H23FN2O. The van der Waals surface area contributed by atoms with E-state index in [4.69, 9.17) is 0 Å². The number of nitrogens with one attached hydrogen (secondary N) is 1. The van der Waals surface area contributed by atoms with Gasteiger partial charge in [-0.25, -0.2) is 4.39 Å². The molecule has 1 saturated carbocycles. The smallest absolute Gasteiger partial charge is 0.241 e. The molecule has 3 nitrogen and oxygen atoms in total. The minimum Gasteiger partial charge on any atom is -0.318 e. The first-order chi connectivity index (χ1) is 10.1. The van der Waals surface area contributed by atoms with E-state index < -0.39 is 0 Å². The van der Waals surface area contributed by atoms with Crippen LogP contribution in [0.15, 0.2) is 24.3 Å². The van der Waals surface area contributed by atoms with Crippen molar-refractivity contribution in [3.05, 3.63) is 35.6 Å². The van der Waals surface area contributed by atoms with Gasteiger partial charge in [0.05, 0.1) is 6.04 Å². The molecule has 0 radical (unpaired) electrons. The van der Waals surface area contributed by atoms with Gasteiger partial charge in [-0.1, -0.05) is 32.0 Å². The van der Waals surface area contributed by atoms with Crippen molar-refractivity contribution in [1.82, 2.24) is 10.2 Å². The highest BCUT2D eigenvalue weighted by atomic mass is 19.1. The molecule has 1 aromatic carbocycles. The Hall–Kier alpha value is -1.42. The fourth-order valence-electron chi connectivity index (χ4n) is 3.70. The fourth-order valence-corrected chi connectivity index (χ4v) is 3.70. The van der Waals surface area contributed by atoms with E-state index in [2.05, 4.69) is 12.2 Å². The van der Waals surface area contributed by atoms with E-state index in [1.807, 2.05) is 17.9 Å². The third-order valence-electron chi connectivity index (χ3n) is 4.86. The van der Waals surface area contributed by atoms with E-state index >= 15 is 0 Å². The highest BCUT2D eigenvalue weighted by Crippen LogP contribution is 2.37. The van der Waals surface area contributed by atoms with E-state index in [-0.39, 0.29) is 30.0 Å². The Morgan fingerprint density at radius 2 is 2.10 bits per heavy atom. The van der Waals surface area contributed by atoms with Gasteiger partial charge in [0.1, 0.15) is 12.0 Å². The zero-order valence-electron chi connectivity index (χ0n) is 12.7. The van der Waals surface area contributed by atoms with Crippen LogP contribution in [0.25, 0.3) is 0 Å². The summed E-state index contributed by atoms with van der Waals surface area (Å²) in [4.78, 5) is 14.6. The van der Waals surface area contributed by atoms with Gasteiger partial charge in [0.25, 0.3) is 0 Å². The molecule has 3 rings (SSSR count). The van der Waals surface area contributed by atoms with Crippen LogP contribution in [0.1, 0.15) is 51.3 Å². The maximum Gasteiger partial charge on any atom is 0.241 e. The third kappa shape index (κ3) is 2.57. The highest BCUT2D eigenvalue weighted by molar-refractivity contribution is 5.85. The Morgan fingerprint density at radius 1 is 1.33 bits per heavy atom. The van der Waals surface area contributed by atoms with Gasteiger partial charge in [-0.05, 0) is 37.7 Å². The standard InChI is InChI=1S/C17H23FN2O/c1-3-15-17(21)20(12-9-8-11(2)10-12)16(19-15)13-6-4-5-7-14(13)18/h4-7,11-12,15-16,19H,3,8-10H2,1-2H3. The van der Waals surface area contributed by atoms with Crippen LogP contribution in [-0.4, -0.2) is 22.9 Å². The summed E-state index contributed by atoms with van der Waals surface area (Å²) in [5.41, 5.74) is 0.585. The van der Waals surface area contributed by atoms with E-state index in [0.29, 0.717) is 11.5 Å². The molecule has 1 saturated heterocycles. The number of hydrogen-bond acceptors (Lipinski definition) is 2. The number of carbonyl (C=O) groups excluding carboxylic acids is 1. The van der Waals surface area contributed by atoms with Crippen LogP contribution in [0.2, 0.25) is 0 Å². The van der Waals surface area contributed by atoms with Crippen molar-refractivity contribution in [1.29, 1.82) is 0 Å². The summed E-state index contributed by atoms with van der Waals surface area (Å²) < 4.78 is 14.2. The van der Waals surface area contributed by atoms with E-state index in [9.17, 15) is 9.18 Å². The summed E-state index contributed by atoms with van der Waals surface area (Å²) in [7, 11) is 0. The lowest BCUT2D eigenvalue weighted by Crippen LogP contribution is -2.39. The largest absolute Gasteiger partial charge is 0.318 e. The molecule has 4 atom stereocenters. The Bertz CT molecular complexity index is 533. The molecule has 1 heterocycles. The van der Waals surface area contributed by atoms with Crippen LogP contribution in [0.3, 0.4) is 0 Å². The molecule has 1 amide bonds. The van der Waals surface area contributed by atoms with Gasteiger partial charge >= 0.3 is 0 Å². The van der Waals surface area contributed by atoms with Gasteiger partial charge in [-0.2, -0.15) is 0 Å². The topological polar surface area (TPSA) is 32.3 Å². The zero-order chi connectivity index (χ0) is 15.0. The molecule has 1 aliphatic heterocycles. The monoisotopic (exact) mass is 290 g/mol. The first kappa shape index (κ1) is 14.5. The summed E-state index contributed by atoms with van der Waals surface area (Å²) >= 11 is 0. The number of hydrogen-bond donors (Lipinski definition) is 1. The lowest BCUT2D eigenvalue weighted by molar-refractivity contribution is -0.132. The molecule has 1 N–H and O–H groups in total. The molecule has 2 aliphatic rings. The number of amides is 1. The second-order valence-electron chi connectivity index (χ2n) is 6.37. The van der Waals surface area contributed by atoms with Crippen molar-refractivity contribution in [2.75, 3.05) is 0 Å². The predicted molar refractivity (Wildman–Crippen MR) is 80.0 cm³/mol. The maximum absolute atomic E-state index is 14.2. The van der Waals surface area contributed by atoms with Gasteiger partial charge < -0.3 is 4.90 Å². The van der Waals surface area contributed by atoms with Crippen molar-refractivity contribution in [3.63, 3.8) is 0 Å². The molecule has 4 unspecified atom stereocenters. The van der Waals surface area contributed by atoms with Crippen molar-refractivity contribution in [3.8, 4) is 0 Å². The second-order valence-corrected chi connectivity index (χ2v) is 6.37. The number of carbonyl (C=O) groups is 1. The van der Waals surface area contributed by atoms with E-state index in [1.54, 1.807) is 12.1 Å². The third-order valence-corrected chi connectivity index (χ3v) is 4.86. The molecule has 0 bridgehead atoms. The minimum absolute atomic E-state index is 0.129. The molecule has 0 spiro atoms. The van der Waals surface area contributed by atoms with Crippen LogP contribution in [0.5, 0.6) is 0 Å². The minimum atomic E-state index is -0.320. The second kappa shape index (κ2) is 5.76. The van der Waals surface area contributed by atoms with Crippen LogP contribution in [0.4, 0.5) is 4.39 Å². The van der Waals surface area contributed by atoms with Gasteiger partial charge in [-0.3, -0.25) is 10.1 Å². The number of halogens is 1. The van der Waals surface area contributed by atoms with Crippen LogP contribution in [0, 0.1) is 11.7 Å². The molecule has 21 heavy (non-hydrogen) atoms. The molecule has 1 aliphatic carbocycles. The van der Waals surface area contributed by atoms with E-state index in [0.717, 1.165) is 25.7 Å². The summed E-state index contributed by atoms with van der Waals surface area (Å²) in [5, 5.41) is 3.33. The highest BCUT2D eigenvalue weighted by Gasteiger charge is 2.44. The predicted octanol–water partition coefficient (Wildman–Crippen LogP) is 3.22. The zero-order valence-corrected chi connectivity index (χ0v) is 12.7.